The van der Waals surface area contributed by atoms with Crippen molar-refractivity contribution in [1.82, 2.24) is 19.7 Å². The highest BCUT2D eigenvalue weighted by atomic mass is 35.5. The van der Waals surface area contributed by atoms with Crippen molar-refractivity contribution in [2.75, 3.05) is 11.1 Å². The molecule has 0 saturated heterocycles. The molecule has 0 aliphatic carbocycles. The number of hydrogen-bond donors (Lipinski definition) is 1. The van der Waals surface area contributed by atoms with Crippen LogP contribution >= 0.6 is 23.4 Å². The molecule has 1 amide bonds. The molecular weight excluding hydrogens is 416 g/mol. The fraction of sp³-hybridized carbons (Fsp3) is 0.111. The van der Waals surface area contributed by atoms with Crippen LogP contribution in [0.3, 0.4) is 0 Å². The first-order chi connectivity index (χ1) is 14.0. The Morgan fingerprint density at radius 2 is 2.17 bits per heavy atom. The topological polar surface area (TPSA) is 116 Å². The van der Waals surface area contributed by atoms with Crippen LogP contribution in [0.25, 0.3) is 11.5 Å². The molecule has 0 bridgehead atoms. The van der Waals surface area contributed by atoms with Crippen molar-refractivity contribution in [3.05, 3.63) is 70.4 Å². The van der Waals surface area contributed by atoms with E-state index in [2.05, 4.69) is 27.1 Å². The van der Waals surface area contributed by atoms with Gasteiger partial charge in [-0.1, -0.05) is 35.5 Å². The summed E-state index contributed by atoms with van der Waals surface area (Å²) in [5.74, 6) is 0.287. The quantitative estimate of drug-likeness (QED) is 0.250. The van der Waals surface area contributed by atoms with Crippen molar-refractivity contribution < 1.29 is 9.72 Å². The van der Waals surface area contributed by atoms with Crippen LogP contribution < -0.4 is 5.32 Å². The van der Waals surface area contributed by atoms with E-state index in [0.29, 0.717) is 28.9 Å². The Bertz CT molecular complexity index is 1060. The molecule has 9 nitrogen and oxygen atoms in total. The van der Waals surface area contributed by atoms with Gasteiger partial charge in [-0.15, -0.1) is 16.8 Å². The minimum atomic E-state index is -0.557. The first-order valence-corrected chi connectivity index (χ1v) is 9.68. The summed E-state index contributed by atoms with van der Waals surface area (Å²) >= 11 is 7.20. The predicted molar refractivity (Wildman–Crippen MR) is 111 cm³/mol. The lowest BCUT2D eigenvalue weighted by Gasteiger charge is -2.08. The van der Waals surface area contributed by atoms with E-state index in [1.807, 2.05) is 16.7 Å². The van der Waals surface area contributed by atoms with Crippen LogP contribution in [0.5, 0.6) is 0 Å². The van der Waals surface area contributed by atoms with E-state index in [-0.39, 0.29) is 22.4 Å². The summed E-state index contributed by atoms with van der Waals surface area (Å²) in [5.41, 5.74) is 0.808. The van der Waals surface area contributed by atoms with E-state index in [0.717, 1.165) is 0 Å². The third-order valence-electron chi connectivity index (χ3n) is 3.69. The van der Waals surface area contributed by atoms with Crippen molar-refractivity contribution >= 4 is 40.6 Å². The SMILES string of the molecule is C=CCn1c(SCC(=O)Nc2ccc([N+](=O)[O-])cc2Cl)nnc1-c1ccccn1. The number of nitro benzene ring substituents is 1. The Kier molecular flexibility index (Phi) is 6.57. The molecule has 29 heavy (non-hydrogen) atoms. The standard InChI is InChI=1S/C18H15ClN6O3S/c1-2-9-24-17(15-5-3-4-8-20-15)22-23-18(24)29-11-16(26)21-14-7-6-12(25(27)28)10-13(14)19/h2-8,10H,1,9,11H2,(H,21,26). The summed E-state index contributed by atoms with van der Waals surface area (Å²) in [7, 11) is 0. The normalized spacial score (nSPS) is 10.5. The molecule has 0 aliphatic rings. The number of aromatic nitrogens is 4. The molecule has 0 radical (unpaired) electrons. The zero-order valence-corrected chi connectivity index (χ0v) is 16.6. The largest absolute Gasteiger partial charge is 0.324 e. The zero-order chi connectivity index (χ0) is 20.8. The average Bonchev–Trinajstić information content (AvgIpc) is 3.11. The fourth-order valence-corrected chi connectivity index (χ4v) is 3.38. The number of amides is 1. The van der Waals surface area contributed by atoms with Gasteiger partial charge in [-0.2, -0.15) is 0 Å². The van der Waals surface area contributed by atoms with E-state index in [9.17, 15) is 14.9 Å². The predicted octanol–water partition coefficient (Wildman–Crippen LogP) is 3.82. The molecule has 1 aromatic carbocycles. The molecule has 148 valence electrons. The Labute approximate surface area is 175 Å². The highest BCUT2D eigenvalue weighted by Crippen LogP contribution is 2.27. The van der Waals surface area contributed by atoms with Crippen molar-refractivity contribution in [3.63, 3.8) is 0 Å². The lowest BCUT2D eigenvalue weighted by Crippen LogP contribution is -2.15. The second kappa shape index (κ2) is 9.30. The number of anilines is 1. The van der Waals surface area contributed by atoms with Crippen molar-refractivity contribution in [3.8, 4) is 11.5 Å². The number of non-ortho nitro benzene ring substituents is 1. The van der Waals surface area contributed by atoms with Gasteiger partial charge in [0, 0.05) is 24.9 Å². The van der Waals surface area contributed by atoms with E-state index in [1.165, 1.54) is 30.0 Å². The zero-order valence-electron chi connectivity index (χ0n) is 15.0. The number of nitro groups is 1. The van der Waals surface area contributed by atoms with Gasteiger partial charge in [0.2, 0.25) is 5.91 Å². The molecule has 0 fully saturated rings. The number of thioether (sulfide) groups is 1. The number of nitrogens with zero attached hydrogens (tertiary/aromatic N) is 5. The summed E-state index contributed by atoms with van der Waals surface area (Å²) in [6, 6.07) is 9.33. The van der Waals surface area contributed by atoms with E-state index in [1.54, 1.807) is 18.3 Å². The van der Waals surface area contributed by atoms with Crippen LogP contribution in [0, 0.1) is 10.1 Å². The Morgan fingerprint density at radius 3 is 2.83 bits per heavy atom. The minimum absolute atomic E-state index is 0.0464. The molecule has 0 spiro atoms. The van der Waals surface area contributed by atoms with Gasteiger partial charge in [0.15, 0.2) is 11.0 Å². The smallest absolute Gasteiger partial charge is 0.271 e. The third kappa shape index (κ3) is 4.98. The van der Waals surface area contributed by atoms with Gasteiger partial charge in [-0.3, -0.25) is 24.5 Å². The van der Waals surface area contributed by atoms with Crippen LogP contribution in [0.1, 0.15) is 0 Å². The lowest BCUT2D eigenvalue weighted by atomic mass is 10.3. The summed E-state index contributed by atoms with van der Waals surface area (Å²) in [5, 5.41) is 22.3. The van der Waals surface area contributed by atoms with Gasteiger partial charge < -0.3 is 5.32 Å². The number of carbonyl (C=O) groups is 1. The fourth-order valence-electron chi connectivity index (χ4n) is 2.41. The number of hydrogen-bond acceptors (Lipinski definition) is 7. The number of benzene rings is 1. The summed E-state index contributed by atoms with van der Waals surface area (Å²) in [4.78, 5) is 26.8. The van der Waals surface area contributed by atoms with E-state index < -0.39 is 4.92 Å². The molecule has 2 heterocycles. The van der Waals surface area contributed by atoms with Crippen molar-refractivity contribution in [1.29, 1.82) is 0 Å². The second-order valence-corrected chi connectivity index (χ2v) is 7.03. The van der Waals surface area contributed by atoms with E-state index in [4.69, 9.17) is 11.6 Å². The number of pyridine rings is 1. The van der Waals surface area contributed by atoms with Crippen LogP contribution in [0.4, 0.5) is 11.4 Å². The maximum absolute atomic E-state index is 12.3. The highest BCUT2D eigenvalue weighted by Gasteiger charge is 2.16. The number of carbonyl (C=O) groups excluding carboxylic acids is 1. The number of allylic oxidation sites excluding steroid dienone is 1. The molecule has 3 rings (SSSR count). The van der Waals surface area contributed by atoms with Crippen LogP contribution in [0.2, 0.25) is 5.02 Å². The van der Waals surface area contributed by atoms with Crippen LogP contribution in [-0.4, -0.2) is 36.3 Å². The van der Waals surface area contributed by atoms with Gasteiger partial charge in [-0.05, 0) is 18.2 Å². The summed E-state index contributed by atoms with van der Waals surface area (Å²) in [6.45, 7) is 4.20. The average molecular weight is 431 g/mol. The molecule has 3 aromatic rings. The third-order valence-corrected chi connectivity index (χ3v) is 4.97. The Balaban J connectivity index is 1.70. The van der Waals surface area contributed by atoms with Gasteiger partial charge in [0.05, 0.1) is 21.4 Å². The molecule has 2 aromatic heterocycles. The van der Waals surface area contributed by atoms with E-state index >= 15 is 0 Å². The second-order valence-electron chi connectivity index (χ2n) is 5.68. The molecule has 0 unspecified atom stereocenters. The lowest BCUT2D eigenvalue weighted by molar-refractivity contribution is -0.384. The highest BCUT2D eigenvalue weighted by molar-refractivity contribution is 7.99. The van der Waals surface area contributed by atoms with Crippen molar-refractivity contribution in [2.24, 2.45) is 0 Å². The summed E-state index contributed by atoms with van der Waals surface area (Å²) in [6.07, 6.45) is 3.37. The van der Waals surface area contributed by atoms with Gasteiger partial charge in [0.1, 0.15) is 5.69 Å². The minimum Gasteiger partial charge on any atom is -0.324 e. The molecule has 0 saturated carbocycles. The molecule has 0 aliphatic heterocycles. The maximum Gasteiger partial charge on any atom is 0.271 e. The van der Waals surface area contributed by atoms with Gasteiger partial charge in [-0.25, -0.2) is 0 Å². The first-order valence-electron chi connectivity index (χ1n) is 8.31. The molecule has 1 N–H and O–H groups in total. The molecule has 11 heteroatoms. The van der Waals surface area contributed by atoms with Crippen LogP contribution in [0.15, 0.2) is 60.4 Å². The number of rotatable bonds is 8. The van der Waals surface area contributed by atoms with Crippen LogP contribution in [-0.2, 0) is 11.3 Å². The van der Waals surface area contributed by atoms with Crippen molar-refractivity contribution in [2.45, 2.75) is 11.7 Å². The monoisotopic (exact) mass is 430 g/mol. The number of halogens is 1. The van der Waals surface area contributed by atoms with Gasteiger partial charge >= 0.3 is 0 Å². The molecule has 0 atom stereocenters. The number of nitrogens with one attached hydrogen (secondary N) is 1. The van der Waals surface area contributed by atoms with Gasteiger partial charge in [0.25, 0.3) is 5.69 Å². The maximum atomic E-state index is 12.3. The Morgan fingerprint density at radius 1 is 1.34 bits per heavy atom. The summed E-state index contributed by atoms with van der Waals surface area (Å²) < 4.78 is 1.81. The first kappa shape index (κ1) is 20.5. The Hall–Kier alpha value is -3.24. The molecular formula is C18H15ClN6O3S.